The van der Waals surface area contributed by atoms with E-state index >= 15 is 0 Å². The van der Waals surface area contributed by atoms with Crippen molar-refractivity contribution < 1.29 is 19.0 Å². The molecule has 0 bridgehead atoms. The zero-order chi connectivity index (χ0) is 12.8. The third kappa shape index (κ3) is 3.27. The van der Waals surface area contributed by atoms with Gasteiger partial charge in [0.1, 0.15) is 17.1 Å². The molecular formula is C12H15ClO4. The Labute approximate surface area is 105 Å². The molecule has 1 aromatic carbocycles. The second-order valence-corrected chi connectivity index (χ2v) is 3.54. The van der Waals surface area contributed by atoms with Gasteiger partial charge in [0, 0.05) is 6.07 Å². The van der Waals surface area contributed by atoms with Crippen LogP contribution in [0.3, 0.4) is 0 Å². The number of hydrogen-bond donors (Lipinski definition) is 0. The first kappa shape index (κ1) is 13.6. The first-order chi connectivity index (χ1) is 8.13. The average Bonchev–Trinajstić information content (AvgIpc) is 2.32. The van der Waals surface area contributed by atoms with Gasteiger partial charge in [0.05, 0.1) is 25.3 Å². The number of carbonyl (C=O) groups is 1. The third-order valence-corrected chi connectivity index (χ3v) is 2.33. The molecule has 1 aromatic rings. The number of methoxy groups -OCH3 is 1. The summed E-state index contributed by atoms with van der Waals surface area (Å²) in [6.45, 7) is 4.57. The molecule has 0 fully saturated rings. The molecule has 0 aliphatic heterocycles. The van der Waals surface area contributed by atoms with E-state index in [1.807, 2.05) is 13.8 Å². The van der Waals surface area contributed by atoms with Crippen molar-refractivity contribution in [3.8, 4) is 11.5 Å². The molecule has 0 spiro atoms. The summed E-state index contributed by atoms with van der Waals surface area (Å²) in [6.07, 6.45) is 0. The minimum atomic E-state index is -0.480. The van der Waals surface area contributed by atoms with Crippen LogP contribution in [0.1, 0.15) is 24.2 Å². The predicted octanol–water partition coefficient (Wildman–Crippen LogP) is 2.92. The molecule has 0 saturated carbocycles. The van der Waals surface area contributed by atoms with E-state index in [-0.39, 0.29) is 0 Å². The Morgan fingerprint density at radius 2 is 1.76 bits per heavy atom. The monoisotopic (exact) mass is 258 g/mol. The van der Waals surface area contributed by atoms with Gasteiger partial charge >= 0.3 is 5.97 Å². The van der Waals surface area contributed by atoms with Crippen LogP contribution in [0.2, 0.25) is 5.02 Å². The topological polar surface area (TPSA) is 44.8 Å². The van der Waals surface area contributed by atoms with Crippen LogP contribution in [-0.4, -0.2) is 26.3 Å². The Morgan fingerprint density at radius 1 is 1.18 bits per heavy atom. The number of halogens is 1. The van der Waals surface area contributed by atoms with Gasteiger partial charge < -0.3 is 14.2 Å². The molecule has 0 saturated heterocycles. The summed E-state index contributed by atoms with van der Waals surface area (Å²) in [5.74, 6) is 0.358. The van der Waals surface area contributed by atoms with Crippen LogP contribution in [0, 0.1) is 0 Å². The molecule has 0 aliphatic rings. The first-order valence-electron chi connectivity index (χ1n) is 5.31. The molecule has 1 rings (SSSR count). The molecule has 94 valence electrons. The van der Waals surface area contributed by atoms with E-state index in [1.165, 1.54) is 13.2 Å². The highest BCUT2D eigenvalue weighted by atomic mass is 35.5. The van der Waals surface area contributed by atoms with Gasteiger partial charge in [0.25, 0.3) is 0 Å². The Hall–Kier alpha value is -1.42. The Balaban J connectivity index is 3.21. The molecule has 17 heavy (non-hydrogen) atoms. The minimum Gasteiger partial charge on any atom is -0.493 e. The first-order valence-corrected chi connectivity index (χ1v) is 5.69. The van der Waals surface area contributed by atoms with Crippen molar-refractivity contribution in [1.82, 2.24) is 0 Å². The zero-order valence-electron chi connectivity index (χ0n) is 10.1. The van der Waals surface area contributed by atoms with Crippen LogP contribution < -0.4 is 9.47 Å². The molecule has 0 atom stereocenters. The number of hydrogen-bond acceptors (Lipinski definition) is 4. The molecule has 0 N–H and O–H groups in total. The maximum Gasteiger partial charge on any atom is 0.341 e. The number of rotatable bonds is 5. The van der Waals surface area contributed by atoms with Crippen molar-refractivity contribution in [1.29, 1.82) is 0 Å². The fraction of sp³-hybridized carbons (Fsp3) is 0.417. The predicted molar refractivity (Wildman–Crippen MR) is 65.1 cm³/mol. The van der Waals surface area contributed by atoms with Crippen molar-refractivity contribution in [2.45, 2.75) is 13.8 Å². The number of benzene rings is 1. The molecule has 0 aromatic heterocycles. The van der Waals surface area contributed by atoms with E-state index in [0.717, 1.165) is 0 Å². The summed E-state index contributed by atoms with van der Waals surface area (Å²) < 4.78 is 15.3. The summed E-state index contributed by atoms with van der Waals surface area (Å²) in [5.41, 5.74) is 0.308. The van der Waals surface area contributed by atoms with Crippen molar-refractivity contribution in [3.63, 3.8) is 0 Å². The van der Waals surface area contributed by atoms with E-state index in [0.29, 0.717) is 35.3 Å². The van der Waals surface area contributed by atoms with Crippen LogP contribution in [0.25, 0.3) is 0 Å². The minimum absolute atomic E-state index is 0.308. The number of ether oxygens (including phenoxy) is 3. The summed E-state index contributed by atoms with van der Waals surface area (Å²) in [5, 5.41) is 0.406. The lowest BCUT2D eigenvalue weighted by atomic mass is 10.2. The molecule has 5 heteroatoms. The van der Waals surface area contributed by atoms with Gasteiger partial charge in [-0.15, -0.1) is 0 Å². The maximum atomic E-state index is 11.6. The third-order valence-electron chi connectivity index (χ3n) is 2.04. The molecular weight excluding hydrogens is 244 g/mol. The highest BCUT2D eigenvalue weighted by molar-refractivity contribution is 6.32. The van der Waals surface area contributed by atoms with Gasteiger partial charge in [-0.05, 0) is 19.9 Å². The van der Waals surface area contributed by atoms with Crippen LogP contribution >= 0.6 is 11.6 Å². The van der Waals surface area contributed by atoms with Crippen LogP contribution in [0.4, 0.5) is 0 Å². The van der Waals surface area contributed by atoms with E-state index in [4.69, 9.17) is 21.1 Å². The van der Waals surface area contributed by atoms with Gasteiger partial charge in [0.2, 0.25) is 0 Å². The smallest absolute Gasteiger partial charge is 0.341 e. The van der Waals surface area contributed by atoms with Gasteiger partial charge in [-0.25, -0.2) is 4.79 Å². The lowest BCUT2D eigenvalue weighted by Crippen LogP contribution is -2.06. The van der Waals surface area contributed by atoms with Crippen LogP contribution in [0.5, 0.6) is 11.5 Å². The van der Waals surface area contributed by atoms with E-state index in [9.17, 15) is 4.79 Å². The van der Waals surface area contributed by atoms with Crippen molar-refractivity contribution in [3.05, 3.63) is 22.7 Å². The molecule has 0 heterocycles. The Kier molecular flexibility index (Phi) is 5.10. The van der Waals surface area contributed by atoms with E-state index < -0.39 is 5.97 Å². The fourth-order valence-electron chi connectivity index (χ4n) is 1.35. The Bertz CT molecular complexity index is 404. The van der Waals surface area contributed by atoms with E-state index in [2.05, 4.69) is 4.74 Å². The summed E-state index contributed by atoms with van der Waals surface area (Å²) in [6, 6.07) is 3.09. The quantitative estimate of drug-likeness (QED) is 0.762. The molecule has 4 nitrogen and oxygen atoms in total. The van der Waals surface area contributed by atoms with Crippen LogP contribution in [-0.2, 0) is 4.74 Å². The Morgan fingerprint density at radius 3 is 2.29 bits per heavy atom. The lowest BCUT2D eigenvalue weighted by molar-refractivity contribution is 0.0595. The maximum absolute atomic E-state index is 11.6. The average molecular weight is 259 g/mol. The second-order valence-electron chi connectivity index (χ2n) is 3.14. The number of carbonyl (C=O) groups excluding carboxylic acids is 1. The highest BCUT2D eigenvalue weighted by Gasteiger charge is 2.17. The van der Waals surface area contributed by atoms with Gasteiger partial charge in [-0.2, -0.15) is 0 Å². The molecule has 0 amide bonds. The standard InChI is InChI=1S/C12H15ClO4/c1-4-16-10-7-9(13)11(17-5-2)6-8(10)12(14)15-3/h6-7H,4-5H2,1-3H3. The molecule has 0 aliphatic carbocycles. The lowest BCUT2D eigenvalue weighted by Gasteiger charge is -2.12. The van der Waals surface area contributed by atoms with Crippen LogP contribution in [0.15, 0.2) is 12.1 Å². The highest BCUT2D eigenvalue weighted by Crippen LogP contribution is 2.33. The zero-order valence-corrected chi connectivity index (χ0v) is 10.8. The van der Waals surface area contributed by atoms with Gasteiger partial charge in [-0.1, -0.05) is 11.6 Å². The van der Waals surface area contributed by atoms with Crippen molar-refractivity contribution >= 4 is 17.6 Å². The van der Waals surface area contributed by atoms with Crippen molar-refractivity contribution in [2.24, 2.45) is 0 Å². The van der Waals surface area contributed by atoms with Gasteiger partial charge in [0.15, 0.2) is 0 Å². The summed E-state index contributed by atoms with van der Waals surface area (Å²) in [7, 11) is 1.31. The number of esters is 1. The molecule has 0 unspecified atom stereocenters. The largest absolute Gasteiger partial charge is 0.493 e. The summed E-state index contributed by atoms with van der Waals surface area (Å²) in [4.78, 5) is 11.6. The normalized spacial score (nSPS) is 9.88. The second kappa shape index (κ2) is 6.35. The SMILES string of the molecule is CCOc1cc(C(=O)OC)c(OCC)cc1Cl. The van der Waals surface area contributed by atoms with Crippen molar-refractivity contribution in [2.75, 3.05) is 20.3 Å². The molecule has 0 radical (unpaired) electrons. The summed E-state index contributed by atoms with van der Waals surface area (Å²) >= 11 is 6.01. The van der Waals surface area contributed by atoms with E-state index in [1.54, 1.807) is 6.07 Å². The fourth-order valence-corrected chi connectivity index (χ4v) is 1.55. The van der Waals surface area contributed by atoms with Gasteiger partial charge in [-0.3, -0.25) is 0 Å².